The van der Waals surface area contributed by atoms with Crippen molar-refractivity contribution in [3.8, 4) is 0 Å². The van der Waals surface area contributed by atoms with Gasteiger partial charge >= 0.3 is 0 Å². The van der Waals surface area contributed by atoms with Crippen molar-refractivity contribution in [1.82, 2.24) is 0 Å². The molecule has 5 rings (SSSR count). The average Bonchev–Trinajstić information content (AvgIpc) is 3.25. The van der Waals surface area contributed by atoms with E-state index in [4.69, 9.17) is 4.74 Å². The van der Waals surface area contributed by atoms with Crippen LogP contribution in [0.3, 0.4) is 0 Å². The minimum absolute atomic E-state index is 0.0757. The quantitative estimate of drug-likeness (QED) is 0.755. The first kappa shape index (κ1) is 17.7. The zero-order valence-electron chi connectivity index (χ0n) is 16.2. The van der Waals surface area contributed by atoms with Crippen molar-refractivity contribution in [1.29, 1.82) is 0 Å². The molecule has 2 N–H and O–H groups in total. The number of hydrogen-bond donors (Lipinski definition) is 2. The fourth-order valence-corrected chi connectivity index (χ4v) is 5.34. The summed E-state index contributed by atoms with van der Waals surface area (Å²) in [6.07, 6.45) is 8.05. The maximum atomic E-state index is 12.5. The molecule has 0 radical (unpaired) electrons. The van der Waals surface area contributed by atoms with Gasteiger partial charge in [-0.3, -0.25) is 4.79 Å². The van der Waals surface area contributed by atoms with Crippen LogP contribution in [0, 0.1) is 11.8 Å². The van der Waals surface area contributed by atoms with Crippen LogP contribution in [-0.4, -0.2) is 18.6 Å². The van der Waals surface area contributed by atoms with E-state index in [0.29, 0.717) is 17.5 Å². The van der Waals surface area contributed by atoms with E-state index in [2.05, 4.69) is 22.8 Å². The molecule has 1 saturated carbocycles. The van der Waals surface area contributed by atoms with Gasteiger partial charge in [-0.1, -0.05) is 37.5 Å². The lowest BCUT2D eigenvalue weighted by Crippen LogP contribution is -2.42. The van der Waals surface area contributed by atoms with E-state index < -0.39 is 0 Å². The van der Waals surface area contributed by atoms with E-state index in [1.807, 2.05) is 36.4 Å². The van der Waals surface area contributed by atoms with Crippen LogP contribution in [0.15, 0.2) is 48.5 Å². The lowest BCUT2D eigenvalue weighted by molar-refractivity contribution is 0.0732. The molecule has 28 heavy (non-hydrogen) atoms. The third-order valence-electron chi connectivity index (χ3n) is 6.73. The number of carbonyl (C=O) groups is 1. The first-order valence-corrected chi connectivity index (χ1v) is 10.7. The Morgan fingerprint density at radius 3 is 2.64 bits per heavy atom. The van der Waals surface area contributed by atoms with Gasteiger partial charge in [0.1, 0.15) is 0 Å². The van der Waals surface area contributed by atoms with Crippen molar-refractivity contribution in [2.45, 2.75) is 50.7 Å². The van der Waals surface area contributed by atoms with E-state index in [-0.39, 0.29) is 12.0 Å². The number of nitrogens with one attached hydrogen (secondary N) is 2. The molecule has 0 spiro atoms. The summed E-state index contributed by atoms with van der Waals surface area (Å²) < 4.78 is 6.20. The Morgan fingerprint density at radius 1 is 1.00 bits per heavy atom. The summed E-state index contributed by atoms with van der Waals surface area (Å²) in [6.45, 7) is 0.834. The molecule has 0 unspecified atom stereocenters. The number of hydrogen-bond acceptors (Lipinski definition) is 3. The largest absolute Gasteiger partial charge is 0.381 e. The minimum atomic E-state index is -0.0757. The summed E-state index contributed by atoms with van der Waals surface area (Å²) in [5.74, 6) is 1.22. The van der Waals surface area contributed by atoms with Gasteiger partial charge in [0.15, 0.2) is 0 Å². The predicted molar refractivity (Wildman–Crippen MR) is 112 cm³/mol. The van der Waals surface area contributed by atoms with Crippen molar-refractivity contribution in [2.24, 2.45) is 11.8 Å². The molecule has 1 amide bonds. The van der Waals surface area contributed by atoms with Crippen molar-refractivity contribution in [3.63, 3.8) is 0 Å². The molecule has 1 saturated heterocycles. The van der Waals surface area contributed by atoms with Gasteiger partial charge in [-0.15, -0.1) is 0 Å². The Labute approximate surface area is 166 Å². The molecule has 2 heterocycles. The molecule has 2 aliphatic heterocycles. The summed E-state index contributed by atoms with van der Waals surface area (Å²) in [4.78, 5) is 12.5. The van der Waals surface area contributed by atoms with Crippen molar-refractivity contribution in [2.75, 3.05) is 17.2 Å². The first-order chi connectivity index (χ1) is 13.8. The van der Waals surface area contributed by atoms with Crippen molar-refractivity contribution in [3.05, 3.63) is 59.7 Å². The van der Waals surface area contributed by atoms with Crippen LogP contribution in [0.2, 0.25) is 0 Å². The lowest BCUT2D eigenvalue weighted by Gasteiger charge is -2.42. The molecular weight excluding hydrogens is 348 g/mol. The monoisotopic (exact) mass is 376 g/mol. The molecule has 0 aromatic heterocycles. The standard InChI is InChI=1S/C24H28N2O2/c27-24(17-9-5-2-6-10-17)25-18-11-12-21-20(15-18)23-19(13-14-28-23)22(26-21)16-7-3-1-4-8-16/h2,5-6,9-12,15-16,19,22-23,26H,1,3-4,7-8,13-14H2,(H,25,27)/t19-,22+,23-/m0/s1. The Morgan fingerprint density at radius 2 is 1.82 bits per heavy atom. The summed E-state index contributed by atoms with van der Waals surface area (Å²) in [5, 5.41) is 6.90. The predicted octanol–water partition coefficient (Wildman–Crippen LogP) is 5.39. The van der Waals surface area contributed by atoms with Gasteiger partial charge in [-0.2, -0.15) is 0 Å². The van der Waals surface area contributed by atoms with Gasteiger partial charge in [-0.25, -0.2) is 0 Å². The molecule has 2 aromatic rings. The number of ether oxygens (including phenoxy) is 1. The molecular formula is C24H28N2O2. The van der Waals surface area contributed by atoms with Gasteiger partial charge in [-0.05, 0) is 55.5 Å². The molecule has 0 bridgehead atoms. The van der Waals surface area contributed by atoms with Crippen LogP contribution >= 0.6 is 0 Å². The van der Waals surface area contributed by atoms with E-state index in [1.165, 1.54) is 43.4 Å². The van der Waals surface area contributed by atoms with E-state index in [9.17, 15) is 4.79 Å². The molecule has 2 aromatic carbocycles. The van der Waals surface area contributed by atoms with Crippen LogP contribution in [0.1, 0.15) is 60.6 Å². The second-order valence-electron chi connectivity index (χ2n) is 8.43. The minimum Gasteiger partial charge on any atom is -0.381 e. The zero-order chi connectivity index (χ0) is 18.9. The van der Waals surface area contributed by atoms with E-state index >= 15 is 0 Å². The third kappa shape index (κ3) is 3.30. The Kier molecular flexibility index (Phi) is 4.81. The number of carbonyl (C=O) groups excluding carboxylic acids is 1. The van der Waals surface area contributed by atoms with E-state index in [0.717, 1.165) is 24.6 Å². The Bertz CT molecular complexity index is 845. The summed E-state index contributed by atoms with van der Waals surface area (Å²) in [6, 6.07) is 16.1. The number of rotatable bonds is 3. The Hall–Kier alpha value is -2.33. The highest BCUT2D eigenvalue weighted by molar-refractivity contribution is 6.04. The average molecular weight is 377 g/mol. The zero-order valence-corrected chi connectivity index (χ0v) is 16.2. The topological polar surface area (TPSA) is 50.4 Å². The number of amides is 1. The van der Waals surface area contributed by atoms with Gasteiger partial charge in [0.2, 0.25) is 0 Å². The van der Waals surface area contributed by atoms with Crippen LogP contribution in [0.25, 0.3) is 0 Å². The molecule has 2 fully saturated rings. The molecule has 146 valence electrons. The lowest BCUT2D eigenvalue weighted by atomic mass is 9.73. The molecule has 3 atom stereocenters. The first-order valence-electron chi connectivity index (χ1n) is 10.7. The normalized spacial score (nSPS) is 26.8. The van der Waals surface area contributed by atoms with Crippen LogP contribution in [-0.2, 0) is 4.74 Å². The highest BCUT2D eigenvalue weighted by atomic mass is 16.5. The SMILES string of the molecule is O=C(Nc1ccc2c(c1)[C@H]1OCC[C@H]1[C@@H](C1CCCCC1)N2)c1ccccc1. The van der Waals surface area contributed by atoms with E-state index in [1.54, 1.807) is 0 Å². The highest BCUT2D eigenvalue weighted by Gasteiger charge is 2.43. The van der Waals surface area contributed by atoms with Crippen LogP contribution in [0.4, 0.5) is 11.4 Å². The fourth-order valence-electron chi connectivity index (χ4n) is 5.34. The number of anilines is 2. The summed E-state index contributed by atoms with van der Waals surface area (Å²) in [5.41, 5.74) is 3.88. The summed E-state index contributed by atoms with van der Waals surface area (Å²) in [7, 11) is 0. The van der Waals surface area contributed by atoms with Crippen molar-refractivity contribution >= 4 is 17.3 Å². The van der Waals surface area contributed by atoms with Gasteiger partial charge < -0.3 is 15.4 Å². The Balaban J connectivity index is 1.39. The fraction of sp³-hybridized carbons (Fsp3) is 0.458. The maximum Gasteiger partial charge on any atom is 0.255 e. The second-order valence-corrected chi connectivity index (χ2v) is 8.43. The van der Waals surface area contributed by atoms with Gasteiger partial charge in [0, 0.05) is 41.1 Å². The number of fused-ring (bicyclic) bond motifs is 3. The smallest absolute Gasteiger partial charge is 0.255 e. The second kappa shape index (κ2) is 7.59. The molecule has 4 heteroatoms. The van der Waals surface area contributed by atoms with Crippen LogP contribution < -0.4 is 10.6 Å². The molecule has 4 nitrogen and oxygen atoms in total. The summed E-state index contributed by atoms with van der Waals surface area (Å²) >= 11 is 0. The molecule has 1 aliphatic carbocycles. The number of benzene rings is 2. The molecule has 3 aliphatic rings. The third-order valence-corrected chi connectivity index (χ3v) is 6.73. The van der Waals surface area contributed by atoms with Crippen LogP contribution in [0.5, 0.6) is 0 Å². The van der Waals surface area contributed by atoms with Gasteiger partial charge in [0.05, 0.1) is 6.10 Å². The van der Waals surface area contributed by atoms with Crippen molar-refractivity contribution < 1.29 is 9.53 Å². The maximum absolute atomic E-state index is 12.5. The van der Waals surface area contributed by atoms with Gasteiger partial charge in [0.25, 0.3) is 5.91 Å². The highest BCUT2D eigenvalue weighted by Crippen LogP contribution is 2.48.